The minimum atomic E-state index is -0.329. The van der Waals surface area contributed by atoms with Gasteiger partial charge < -0.3 is 5.32 Å². The number of carbonyl (C=O) groups is 2. The van der Waals surface area contributed by atoms with Crippen molar-refractivity contribution in [2.75, 3.05) is 5.32 Å². The maximum Gasteiger partial charge on any atom is 0.271 e. The summed E-state index contributed by atoms with van der Waals surface area (Å²) in [5.41, 5.74) is 5.15. The van der Waals surface area contributed by atoms with Crippen molar-refractivity contribution in [2.24, 2.45) is 5.10 Å². The number of carbonyl (C=O) groups excluding carboxylic acids is 2. The standard InChI is InChI=1S/C21H23Cl2N3O2/c1-13(11-19(27)24-16-9-10-17(22)18(23)12-16)25-26-20(28)14-5-7-15(8-6-14)21(2,3)4/h5-10,12H,11H2,1-4H3,(H,24,27)(H,26,28). The monoisotopic (exact) mass is 419 g/mol. The first-order valence-corrected chi connectivity index (χ1v) is 9.51. The molecule has 0 bridgehead atoms. The summed E-state index contributed by atoms with van der Waals surface area (Å²) >= 11 is 11.8. The van der Waals surface area contributed by atoms with E-state index in [-0.39, 0.29) is 23.7 Å². The molecule has 0 heterocycles. The summed E-state index contributed by atoms with van der Waals surface area (Å²) in [5, 5.41) is 7.47. The Morgan fingerprint density at radius 3 is 2.21 bits per heavy atom. The van der Waals surface area contributed by atoms with E-state index in [0.29, 0.717) is 27.0 Å². The predicted molar refractivity (Wildman–Crippen MR) is 115 cm³/mol. The highest BCUT2D eigenvalue weighted by Crippen LogP contribution is 2.25. The molecule has 7 heteroatoms. The Morgan fingerprint density at radius 1 is 1.00 bits per heavy atom. The van der Waals surface area contributed by atoms with Gasteiger partial charge in [-0.2, -0.15) is 5.10 Å². The average Bonchev–Trinajstić information content (AvgIpc) is 2.62. The normalized spacial score (nSPS) is 11.9. The van der Waals surface area contributed by atoms with Crippen molar-refractivity contribution < 1.29 is 9.59 Å². The molecule has 0 fully saturated rings. The van der Waals surface area contributed by atoms with Gasteiger partial charge in [-0.1, -0.05) is 56.1 Å². The van der Waals surface area contributed by atoms with Gasteiger partial charge in [0.1, 0.15) is 0 Å². The second-order valence-corrected chi connectivity index (χ2v) is 8.28. The van der Waals surface area contributed by atoms with Gasteiger partial charge in [0.2, 0.25) is 5.91 Å². The molecule has 0 aliphatic rings. The lowest BCUT2D eigenvalue weighted by Gasteiger charge is -2.18. The van der Waals surface area contributed by atoms with Gasteiger partial charge in [-0.25, -0.2) is 5.43 Å². The molecular formula is C21H23Cl2N3O2. The molecule has 0 aromatic heterocycles. The van der Waals surface area contributed by atoms with Crippen LogP contribution in [0.5, 0.6) is 0 Å². The summed E-state index contributed by atoms with van der Waals surface area (Å²) in [4.78, 5) is 24.3. The Bertz CT molecular complexity index is 901. The van der Waals surface area contributed by atoms with E-state index in [9.17, 15) is 9.59 Å². The van der Waals surface area contributed by atoms with Crippen LogP contribution >= 0.6 is 23.2 Å². The molecule has 5 nitrogen and oxygen atoms in total. The maximum absolute atomic E-state index is 12.2. The maximum atomic E-state index is 12.2. The second kappa shape index (κ2) is 9.22. The third kappa shape index (κ3) is 6.36. The summed E-state index contributed by atoms with van der Waals surface area (Å²) in [6.45, 7) is 7.99. The third-order valence-corrected chi connectivity index (χ3v) is 4.72. The molecule has 2 aromatic carbocycles. The molecular weight excluding hydrogens is 397 g/mol. The molecule has 0 atom stereocenters. The van der Waals surface area contributed by atoms with Gasteiger partial charge in [0.15, 0.2) is 0 Å². The predicted octanol–water partition coefficient (Wildman–Crippen LogP) is 5.43. The second-order valence-electron chi connectivity index (χ2n) is 7.47. The van der Waals surface area contributed by atoms with Crippen molar-refractivity contribution in [1.29, 1.82) is 0 Å². The van der Waals surface area contributed by atoms with Crippen molar-refractivity contribution in [1.82, 2.24) is 5.43 Å². The van der Waals surface area contributed by atoms with E-state index in [0.717, 1.165) is 5.56 Å². The number of nitrogens with one attached hydrogen (secondary N) is 2. The Balaban J connectivity index is 1.91. The molecule has 0 unspecified atom stereocenters. The number of hydrogen-bond acceptors (Lipinski definition) is 3. The molecule has 2 amide bonds. The minimum absolute atomic E-state index is 0.0193. The third-order valence-electron chi connectivity index (χ3n) is 3.98. The van der Waals surface area contributed by atoms with Crippen molar-refractivity contribution >= 4 is 46.4 Å². The van der Waals surface area contributed by atoms with E-state index in [1.165, 1.54) is 0 Å². The van der Waals surface area contributed by atoms with Gasteiger partial charge >= 0.3 is 0 Å². The van der Waals surface area contributed by atoms with Gasteiger partial charge in [0, 0.05) is 17.0 Å². The van der Waals surface area contributed by atoms with Gasteiger partial charge in [-0.05, 0) is 48.2 Å². The minimum Gasteiger partial charge on any atom is -0.326 e. The fraction of sp³-hybridized carbons (Fsp3) is 0.286. The summed E-state index contributed by atoms with van der Waals surface area (Å²) in [6.07, 6.45) is 0.0312. The number of hydrogen-bond donors (Lipinski definition) is 2. The molecule has 0 saturated heterocycles. The van der Waals surface area contributed by atoms with Gasteiger partial charge in [0.25, 0.3) is 5.91 Å². The van der Waals surface area contributed by atoms with Crippen LogP contribution in [0.25, 0.3) is 0 Å². The van der Waals surface area contributed by atoms with Crippen LogP contribution in [0.3, 0.4) is 0 Å². The summed E-state index contributed by atoms with van der Waals surface area (Å²) in [7, 11) is 0. The molecule has 28 heavy (non-hydrogen) atoms. The molecule has 0 aliphatic heterocycles. The molecule has 0 radical (unpaired) electrons. The number of hydrazone groups is 1. The van der Waals surface area contributed by atoms with Crippen LogP contribution in [0.1, 0.15) is 50.0 Å². The van der Waals surface area contributed by atoms with E-state index >= 15 is 0 Å². The molecule has 2 rings (SSSR count). The highest BCUT2D eigenvalue weighted by Gasteiger charge is 2.14. The lowest BCUT2D eigenvalue weighted by molar-refractivity contribution is -0.115. The largest absolute Gasteiger partial charge is 0.326 e. The fourth-order valence-electron chi connectivity index (χ4n) is 2.38. The molecule has 0 saturated carbocycles. The van der Waals surface area contributed by atoms with Crippen LogP contribution in [0.2, 0.25) is 10.0 Å². The van der Waals surface area contributed by atoms with Crippen molar-refractivity contribution in [3.63, 3.8) is 0 Å². The molecule has 2 aromatic rings. The van der Waals surface area contributed by atoms with E-state index in [4.69, 9.17) is 23.2 Å². The Morgan fingerprint density at radius 2 is 1.64 bits per heavy atom. The van der Waals surface area contributed by atoms with Crippen LogP contribution in [-0.2, 0) is 10.2 Å². The summed E-state index contributed by atoms with van der Waals surface area (Å²) < 4.78 is 0. The number of halogens is 2. The lowest BCUT2D eigenvalue weighted by Crippen LogP contribution is -2.21. The van der Waals surface area contributed by atoms with Crippen molar-refractivity contribution in [3.8, 4) is 0 Å². The van der Waals surface area contributed by atoms with Crippen LogP contribution < -0.4 is 10.7 Å². The number of nitrogens with zero attached hydrogens (tertiary/aromatic N) is 1. The Hall–Kier alpha value is -2.37. The lowest BCUT2D eigenvalue weighted by atomic mass is 9.87. The molecule has 148 valence electrons. The Kier molecular flexibility index (Phi) is 7.22. The Labute approximate surface area is 175 Å². The number of amides is 2. The van der Waals surface area contributed by atoms with Gasteiger partial charge in [0.05, 0.1) is 16.5 Å². The smallest absolute Gasteiger partial charge is 0.271 e. The van der Waals surface area contributed by atoms with E-state index in [2.05, 4.69) is 36.6 Å². The summed E-state index contributed by atoms with van der Waals surface area (Å²) in [6, 6.07) is 12.2. The zero-order valence-electron chi connectivity index (χ0n) is 16.3. The van der Waals surface area contributed by atoms with Crippen molar-refractivity contribution in [3.05, 3.63) is 63.6 Å². The number of rotatable bonds is 5. The van der Waals surface area contributed by atoms with E-state index in [1.54, 1.807) is 37.3 Å². The van der Waals surface area contributed by atoms with E-state index in [1.807, 2.05) is 12.1 Å². The summed E-state index contributed by atoms with van der Waals surface area (Å²) in [5.74, 6) is -0.604. The van der Waals surface area contributed by atoms with Crippen LogP contribution in [0.4, 0.5) is 5.69 Å². The van der Waals surface area contributed by atoms with Crippen LogP contribution in [0.15, 0.2) is 47.6 Å². The fourth-order valence-corrected chi connectivity index (χ4v) is 2.68. The van der Waals surface area contributed by atoms with Crippen LogP contribution in [0, 0.1) is 0 Å². The van der Waals surface area contributed by atoms with Gasteiger partial charge in [-0.3, -0.25) is 9.59 Å². The highest BCUT2D eigenvalue weighted by molar-refractivity contribution is 6.42. The van der Waals surface area contributed by atoms with Gasteiger partial charge in [-0.15, -0.1) is 0 Å². The number of anilines is 1. The quantitative estimate of drug-likeness (QED) is 0.501. The zero-order chi connectivity index (χ0) is 20.9. The average molecular weight is 420 g/mol. The number of benzene rings is 2. The SMILES string of the molecule is CC(CC(=O)Nc1ccc(Cl)c(Cl)c1)=NNC(=O)c1ccc(C(C)(C)C)cc1. The first-order chi connectivity index (χ1) is 13.1. The first-order valence-electron chi connectivity index (χ1n) is 8.75. The topological polar surface area (TPSA) is 70.6 Å². The van der Waals surface area contributed by atoms with Crippen molar-refractivity contribution in [2.45, 2.75) is 39.5 Å². The molecule has 0 spiro atoms. The first kappa shape index (κ1) is 21.9. The highest BCUT2D eigenvalue weighted by atomic mass is 35.5. The molecule has 2 N–H and O–H groups in total. The van der Waals surface area contributed by atoms with Crippen LogP contribution in [-0.4, -0.2) is 17.5 Å². The zero-order valence-corrected chi connectivity index (χ0v) is 17.8. The molecule has 0 aliphatic carbocycles. The van der Waals surface area contributed by atoms with E-state index < -0.39 is 0 Å².